The standard InChI is InChI=1S/C45H65FN6O11/c1-12-34-45(9,57)40-26(4)36(49-28(6)53)24(2)19-43(7,59-22-31(21-58-40)51-60-23-30-17-16-29(20-48-30)32-14-13-15-35(47)50-32)39(27(5)38(55)44(8,46)42(56)62-34)63-41-37(54)33(52(10)11)18-25(3)61-41/h13-17,20,24-27,33-34,37,39-41,54,57H,12,18-19,21-23H2,1-11H3,(H2,47,50)/b49-36?,51-31+/t24-,25-,26+,27+,33+,34-,37-,39-,40+,41+,43-,44+,45-/m1/s1. The molecule has 3 aliphatic rings. The summed E-state index contributed by atoms with van der Waals surface area (Å²) >= 11 is 0. The number of nitrogens with zero attached hydrogens (tertiary/aromatic N) is 5. The summed E-state index contributed by atoms with van der Waals surface area (Å²) in [6, 6.07) is 8.47. The molecule has 18 heteroatoms. The molecule has 63 heavy (non-hydrogen) atoms. The molecule has 17 nitrogen and oxygen atoms in total. The van der Waals surface area contributed by atoms with Gasteiger partial charge < -0.3 is 49.4 Å². The number of halogens is 1. The molecule has 0 saturated carbocycles. The summed E-state index contributed by atoms with van der Waals surface area (Å²) in [7, 11) is 3.63. The van der Waals surface area contributed by atoms with Crippen LogP contribution in [-0.4, -0.2) is 141 Å². The summed E-state index contributed by atoms with van der Waals surface area (Å²) in [6.07, 6.45) is -4.93. The minimum absolute atomic E-state index is 0.00688. The first kappa shape index (κ1) is 49.7. The number of aliphatic hydroxyl groups excluding tert-OH is 1. The van der Waals surface area contributed by atoms with Gasteiger partial charge in [0.15, 0.2) is 18.7 Å². The average Bonchev–Trinajstić information content (AvgIpc) is 3.23. The van der Waals surface area contributed by atoms with Gasteiger partial charge in [0.1, 0.15) is 29.3 Å². The van der Waals surface area contributed by atoms with E-state index in [1.807, 2.05) is 45.0 Å². The van der Waals surface area contributed by atoms with Gasteiger partial charge in [0.25, 0.3) is 5.67 Å². The van der Waals surface area contributed by atoms with Gasteiger partial charge in [0.05, 0.1) is 48.5 Å². The van der Waals surface area contributed by atoms with Crippen LogP contribution in [0.5, 0.6) is 0 Å². The highest BCUT2D eigenvalue weighted by atomic mass is 19.1. The smallest absolute Gasteiger partial charge is 0.351 e. The van der Waals surface area contributed by atoms with Crippen LogP contribution in [0, 0.1) is 17.8 Å². The number of ether oxygens (including phenoxy) is 5. The van der Waals surface area contributed by atoms with Crippen LogP contribution in [-0.2, 0) is 49.5 Å². The third kappa shape index (κ3) is 11.3. The maximum Gasteiger partial charge on any atom is 0.351 e. The number of rotatable bonds is 8. The lowest BCUT2D eigenvalue weighted by molar-refractivity contribution is -0.296. The first-order valence-electron chi connectivity index (χ1n) is 21.5. The Labute approximate surface area is 368 Å². The van der Waals surface area contributed by atoms with Crippen molar-refractivity contribution in [1.82, 2.24) is 14.9 Å². The lowest BCUT2D eigenvalue weighted by Crippen LogP contribution is -2.61. The number of aromatic nitrogens is 2. The normalized spacial score (nSPS) is 37.5. The number of likely N-dealkylation sites (N-methyl/N-ethyl adjacent to an activating group) is 1. The van der Waals surface area contributed by atoms with Crippen LogP contribution in [0.15, 0.2) is 46.7 Å². The average molecular weight is 885 g/mol. The molecule has 0 aromatic carbocycles. The van der Waals surface area contributed by atoms with E-state index in [1.165, 1.54) is 20.8 Å². The fourth-order valence-electron chi connectivity index (χ4n) is 9.07. The predicted molar refractivity (Wildman–Crippen MR) is 231 cm³/mol. The number of alkyl halides is 1. The quantitative estimate of drug-likeness (QED) is 0.191. The molecule has 2 aromatic rings. The minimum Gasteiger partial charge on any atom is -0.457 e. The molecule has 0 aliphatic carbocycles. The van der Waals surface area contributed by atoms with Gasteiger partial charge in [-0.25, -0.2) is 19.2 Å². The molecule has 0 unspecified atom stereocenters. The van der Waals surface area contributed by atoms with E-state index < -0.39 is 95.1 Å². The molecule has 2 aromatic heterocycles. The zero-order valence-electron chi connectivity index (χ0n) is 38.2. The van der Waals surface area contributed by atoms with Crippen LogP contribution in [0.25, 0.3) is 11.3 Å². The zero-order valence-corrected chi connectivity index (χ0v) is 38.2. The van der Waals surface area contributed by atoms with Crippen molar-refractivity contribution in [2.45, 2.75) is 148 Å². The fraction of sp³-hybridized carbons (Fsp3) is 0.667. The maximum absolute atomic E-state index is 16.9. The van der Waals surface area contributed by atoms with Crippen LogP contribution in [0.1, 0.15) is 87.3 Å². The molecule has 3 aliphatic heterocycles. The number of oxime groups is 1. The number of anilines is 1. The summed E-state index contributed by atoms with van der Waals surface area (Å²) < 4.78 is 48.8. The molecular formula is C45H65FN6O11. The molecule has 0 spiro atoms. The third-order valence-corrected chi connectivity index (χ3v) is 12.4. The summed E-state index contributed by atoms with van der Waals surface area (Å²) in [5, 5.41) is 28.5. The number of nitrogens with two attached hydrogens (primary N) is 1. The first-order chi connectivity index (χ1) is 29.5. The lowest BCUT2D eigenvalue weighted by atomic mass is 9.73. The number of fused-ring (bicyclic) bond motifs is 5. The monoisotopic (exact) mass is 884 g/mol. The first-order valence-corrected chi connectivity index (χ1v) is 21.5. The number of aliphatic imine (C=N–C) groups is 1. The van der Waals surface area contributed by atoms with Gasteiger partial charge in [0.2, 0.25) is 5.91 Å². The Morgan fingerprint density at radius 2 is 1.79 bits per heavy atom. The molecule has 4 N–H and O–H groups in total. The van der Waals surface area contributed by atoms with Crippen LogP contribution in [0.2, 0.25) is 0 Å². The highest BCUT2D eigenvalue weighted by molar-refractivity contribution is 6.08. The van der Waals surface area contributed by atoms with Crippen molar-refractivity contribution in [3.8, 4) is 11.3 Å². The van der Waals surface area contributed by atoms with Crippen molar-refractivity contribution in [3.63, 3.8) is 0 Å². The molecule has 2 bridgehead atoms. The number of amides is 1. The number of cyclic esters (lactones) is 1. The highest BCUT2D eigenvalue weighted by Gasteiger charge is 2.56. The molecule has 3 fully saturated rings. The number of carbonyl (C=O) groups is 3. The van der Waals surface area contributed by atoms with Crippen molar-refractivity contribution in [2.24, 2.45) is 27.9 Å². The third-order valence-electron chi connectivity index (χ3n) is 12.4. The minimum atomic E-state index is -3.23. The van der Waals surface area contributed by atoms with E-state index in [-0.39, 0.29) is 38.4 Å². The van der Waals surface area contributed by atoms with Crippen LogP contribution >= 0.6 is 0 Å². The Morgan fingerprint density at radius 1 is 1.08 bits per heavy atom. The van der Waals surface area contributed by atoms with Gasteiger partial charge in [-0.05, 0) is 91.2 Å². The topological polar surface area (TPSA) is 227 Å². The molecular weight excluding hydrogens is 820 g/mol. The van der Waals surface area contributed by atoms with Gasteiger partial charge in [-0.3, -0.25) is 14.6 Å². The van der Waals surface area contributed by atoms with Crippen molar-refractivity contribution in [2.75, 3.05) is 33.0 Å². The van der Waals surface area contributed by atoms with Crippen LogP contribution < -0.4 is 5.73 Å². The largest absolute Gasteiger partial charge is 0.457 e. The molecule has 13 atom stereocenters. The van der Waals surface area contributed by atoms with E-state index in [4.69, 9.17) is 34.3 Å². The summed E-state index contributed by atoms with van der Waals surface area (Å²) in [5.41, 5.74) is 1.42. The Hall–Kier alpha value is -4.30. The number of pyridine rings is 2. The summed E-state index contributed by atoms with van der Waals surface area (Å²) in [5.74, 6) is -5.78. The van der Waals surface area contributed by atoms with E-state index in [0.717, 1.165) is 12.5 Å². The van der Waals surface area contributed by atoms with Crippen molar-refractivity contribution in [1.29, 1.82) is 0 Å². The molecule has 0 radical (unpaired) electrons. The maximum atomic E-state index is 16.9. The number of esters is 1. The van der Waals surface area contributed by atoms with Crippen molar-refractivity contribution >= 4 is 34.9 Å². The van der Waals surface area contributed by atoms with Gasteiger partial charge in [-0.15, -0.1) is 0 Å². The molecule has 5 heterocycles. The van der Waals surface area contributed by atoms with E-state index in [1.54, 1.807) is 45.2 Å². The molecule has 5 rings (SSSR count). The van der Waals surface area contributed by atoms with Gasteiger partial charge in [-0.2, -0.15) is 0 Å². The second-order valence-corrected chi connectivity index (χ2v) is 18.0. The Morgan fingerprint density at radius 3 is 2.41 bits per heavy atom. The van der Waals surface area contributed by atoms with E-state index in [2.05, 4.69) is 20.1 Å². The van der Waals surface area contributed by atoms with Gasteiger partial charge in [0, 0.05) is 42.3 Å². The van der Waals surface area contributed by atoms with Crippen molar-refractivity contribution in [3.05, 3.63) is 42.2 Å². The van der Waals surface area contributed by atoms with Crippen LogP contribution in [0.3, 0.4) is 0 Å². The van der Waals surface area contributed by atoms with Crippen LogP contribution in [0.4, 0.5) is 10.2 Å². The SMILES string of the molecule is CC[C@H]1OC(=O)[C@@](C)(F)C(=O)[C@H](C)[C@@H](O[C@@H]2O[C@H](C)C[C@H](N(C)C)[C@H]2O)[C@@]2(C)C[C@@H](C)C(=NC(C)=O)[C@H](C)[C@H](OC/C(=N\OCc3ccc(-c4cccc(N)n4)cn3)CO2)[C@]1(C)O. The van der Waals surface area contributed by atoms with E-state index in [0.29, 0.717) is 29.3 Å². The van der Waals surface area contributed by atoms with Crippen molar-refractivity contribution < 1.29 is 57.5 Å². The number of hydrogen-bond donors (Lipinski definition) is 3. The summed E-state index contributed by atoms with van der Waals surface area (Å²) in [4.78, 5) is 62.1. The Kier molecular flexibility index (Phi) is 16.0. The number of carbonyl (C=O) groups excluding carboxylic acids is 3. The van der Waals surface area contributed by atoms with E-state index in [9.17, 15) is 24.6 Å². The van der Waals surface area contributed by atoms with Gasteiger partial charge >= 0.3 is 5.97 Å². The molecule has 1 amide bonds. The molecule has 348 valence electrons. The second-order valence-electron chi connectivity index (χ2n) is 18.0. The zero-order chi connectivity index (χ0) is 46.6. The second kappa shape index (κ2) is 20.3. The number of Topliss-reactive ketones (excluding diaryl/α,β-unsaturated/α-hetero) is 1. The van der Waals surface area contributed by atoms with Gasteiger partial charge in [-0.1, -0.05) is 38.9 Å². The number of nitrogen functional groups attached to an aromatic ring is 1. The lowest BCUT2D eigenvalue weighted by Gasteiger charge is -2.47. The van der Waals surface area contributed by atoms with E-state index >= 15 is 4.39 Å². The summed E-state index contributed by atoms with van der Waals surface area (Å²) in [6.45, 7) is 12.9. The Balaban J connectivity index is 1.64. The fourth-order valence-corrected chi connectivity index (χ4v) is 9.07. The molecule has 3 saturated heterocycles. The number of hydrogen-bond acceptors (Lipinski definition) is 16. The Bertz CT molecular complexity index is 2000. The number of ketones is 1. The highest BCUT2D eigenvalue weighted by Crippen LogP contribution is 2.41. The number of aliphatic hydroxyl groups is 2. The predicted octanol–water partition coefficient (Wildman–Crippen LogP) is 4.25.